The molecule has 0 saturated carbocycles. The van der Waals surface area contributed by atoms with E-state index < -0.39 is 18.2 Å². The molecular weight excluding hydrogens is 224 g/mol. The zero-order valence-electron chi connectivity index (χ0n) is 9.08. The molecule has 0 spiro atoms. The fraction of sp³-hybridized carbons (Fsp3) is 0.273. The molecule has 0 radical (unpaired) electrons. The van der Waals surface area contributed by atoms with Crippen LogP contribution in [0.2, 0.25) is 0 Å². The zero-order chi connectivity index (χ0) is 12.7. The molecule has 1 amide bonds. The largest absolute Gasteiger partial charge is 0.479 e. The number of hydrogen-bond donors (Lipinski definition) is 3. The second-order valence-corrected chi connectivity index (χ2v) is 3.37. The molecule has 0 fully saturated rings. The normalized spacial score (nSPS) is 13.7. The van der Waals surface area contributed by atoms with Gasteiger partial charge in [-0.05, 0) is 5.56 Å². The predicted molar refractivity (Wildman–Crippen MR) is 59.8 cm³/mol. The average Bonchev–Trinajstić information content (AvgIpc) is 2.30. The third kappa shape index (κ3) is 4.21. The summed E-state index contributed by atoms with van der Waals surface area (Å²) in [5, 5.41) is 11.0. The lowest BCUT2D eigenvalue weighted by atomic mass is 10.2. The monoisotopic (exact) mass is 238 g/mol. The van der Waals surface area contributed by atoms with Crippen LogP contribution in [0.25, 0.3) is 0 Å². The van der Waals surface area contributed by atoms with Gasteiger partial charge in [0.2, 0.25) is 6.41 Å². The van der Waals surface area contributed by atoms with Crippen molar-refractivity contribution in [1.29, 1.82) is 0 Å². The fourth-order valence-electron chi connectivity index (χ4n) is 1.25. The Bertz CT molecular complexity index is 369. The van der Waals surface area contributed by atoms with Crippen LogP contribution in [0.4, 0.5) is 0 Å². The second-order valence-electron chi connectivity index (χ2n) is 3.37. The second kappa shape index (κ2) is 6.62. The van der Waals surface area contributed by atoms with Crippen LogP contribution >= 0.6 is 0 Å². The number of benzene rings is 1. The minimum atomic E-state index is -1.28. The number of aliphatic carboxylic acids is 1. The molecule has 1 aromatic rings. The van der Waals surface area contributed by atoms with Gasteiger partial charge in [-0.2, -0.15) is 0 Å². The van der Waals surface area contributed by atoms with Crippen LogP contribution in [0.5, 0.6) is 0 Å². The van der Waals surface area contributed by atoms with Crippen molar-refractivity contribution in [2.75, 3.05) is 0 Å². The SMILES string of the molecule is NC(NC=O)C(OCc1ccccc1)C(=O)O. The predicted octanol–water partition coefficient (Wildman–Crippen LogP) is -0.313. The van der Waals surface area contributed by atoms with Crippen molar-refractivity contribution in [2.45, 2.75) is 18.9 Å². The molecule has 0 aliphatic heterocycles. The molecular formula is C11H14N2O4. The van der Waals surface area contributed by atoms with Crippen molar-refractivity contribution in [2.24, 2.45) is 5.73 Å². The Morgan fingerprint density at radius 2 is 2.12 bits per heavy atom. The minimum Gasteiger partial charge on any atom is -0.479 e. The highest BCUT2D eigenvalue weighted by Gasteiger charge is 2.25. The molecule has 6 nitrogen and oxygen atoms in total. The van der Waals surface area contributed by atoms with Gasteiger partial charge in [0.15, 0.2) is 6.10 Å². The van der Waals surface area contributed by atoms with Crippen LogP contribution in [-0.2, 0) is 20.9 Å². The van der Waals surface area contributed by atoms with Crippen molar-refractivity contribution in [3.05, 3.63) is 35.9 Å². The van der Waals surface area contributed by atoms with Crippen molar-refractivity contribution < 1.29 is 19.4 Å². The van der Waals surface area contributed by atoms with E-state index >= 15 is 0 Å². The van der Waals surface area contributed by atoms with Crippen molar-refractivity contribution >= 4 is 12.4 Å². The van der Waals surface area contributed by atoms with E-state index in [4.69, 9.17) is 15.6 Å². The van der Waals surface area contributed by atoms with Gasteiger partial charge in [0.1, 0.15) is 6.17 Å². The highest BCUT2D eigenvalue weighted by molar-refractivity contribution is 5.73. The van der Waals surface area contributed by atoms with E-state index in [2.05, 4.69) is 5.32 Å². The number of nitrogens with two attached hydrogens (primary N) is 1. The molecule has 92 valence electrons. The van der Waals surface area contributed by atoms with Gasteiger partial charge in [-0.15, -0.1) is 0 Å². The quantitative estimate of drug-likeness (QED) is 0.446. The van der Waals surface area contributed by atoms with Gasteiger partial charge in [0.25, 0.3) is 0 Å². The lowest BCUT2D eigenvalue weighted by molar-refractivity contribution is -0.153. The van der Waals surface area contributed by atoms with Gasteiger partial charge in [-0.1, -0.05) is 30.3 Å². The van der Waals surface area contributed by atoms with E-state index in [-0.39, 0.29) is 6.61 Å². The third-order valence-electron chi connectivity index (χ3n) is 2.10. The smallest absolute Gasteiger partial charge is 0.336 e. The van der Waals surface area contributed by atoms with E-state index in [0.717, 1.165) is 5.56 Å². The minimum absolute atomic E-state index is 0.117. The first-order valence-electron chi connectivity index (χ1n) is 4.98. The Balaban J connectivity index is 2.56. The summed E-state index contributed by atoms with van der Waals surface area (Å²) in [7, 11) is 0. The van der Waals surface area contributed by atoms with E-state index in [1.807, 2.05) is 18.2 Å². The Morgan fingerprint density at radius 1 is 1.47 bits per heavy atom. The Kier molecular flexibility index (Phi) is 5.12. The van der Waals surface area contributed by atoms with Gasteiger partial charge >= 0.3 is 5.97 Å². The van der Waals surface area contributed by atoms with E-state index in [1.54, 1.807) is 12.1 Å². The Hall–Kier alpha value is -1.92. The van der Waals surface area contributed by atoms with Gasteiger partial charge in [-0.25, -0.2) is 4.79 Å². The summed E-state index contributed by atoms with van der Waals surface area (Å²) in [4.78, 5) is 21.1. The molecule has 0 aliphatic carbocycles. The van der Waals surface area contributed by atoms with Crippen LogP contribution < -0.4 is 11.1 Å². The summed E-state index contributed by atoms with van der Waals surface area (Å²) >= 11 is 0. The molecule has 1 aromatic carbocycles. The molecule has 6 heteroatoms. The van der Waals surface area contributed by atoms with Crippen LogP contribution in [0.3, 0.4) is 0 Å². The molecule has 4 N–H and O–H groups in total. The lowest BCUT2D eigenvalue weighted by Crippen LogP contribution is -2.51. The van der Waals surface area contributed by atoms with Gasteiger partial charge < -0.3 is 20.9 Å². The number of ether oxygens (including phenoxy) is 1. The van der Waals surface area contributed by atoms with E-state index in [1.165, 1.54) is 0 Å². The van der Waals surface area contributed by atoms with Crippen LogP contribution in [0.1, 0.15) is 5.56 Å². The number of carboxylic acids is 1. The van der Waals surface area contributed by atoms with E-state index in [0.29, 0.717) is 6.41 Å². The molecule has 0 aromatic heterocycles. The van der Waals surface area contributed by atoms with Crippen molar-refractivity contribution in [3.8, 4) is 0 Å². The summed E-state index contributed by atoms with van der Waals surface area (Å²) in [6.07, 6.45) is -2.01. The van der Waals surface area contributed by atoms with Crippen LogP contribution in [-0.4, -0.2) is 29.8 Å². The number of hydrogen-bond acceptors (Lipinski definition) is 4. The Labute approximate surface area is 98.4 Å². The zero-order valence-corrected chi connectivity index (χ0v) is 9.08. The fourth-order valence-corrected chi connectivity index (χ4v) is 1.25. The van der Waals surface area contributed by atoms with Gasteiger partial charge in [0, 0.05) is 0 Å². The standard InChI is InChI=1S/C11H14N2O4/c12-10(13-7-14)9(11(15)16)17-6-8-4-2-1-3-5-8/h1-5,7,9-10H,6,12H2,(H,13,14)(H,15,16). The molecule has 2 atom stereocenters. The molecule has 0 aliphatic rings. The lowest BCUT2D eigenvalue weighted by Gasteiger charge is -2.19. The first kappa shape index (κ1) is 13.1. The summed E-state index contributed by atoms with van der Waals surface area (Å²) in [5.74, 6) is -1.22. The highest BCUT2D eigenvalue weighted by Crippen LogP contribution is 2.04. The number of carbonyl (C=O) groups excluding carboxylic acids is 1. The number of amides is 1. The van der Waals surface area contributed by atoms with Crippen molar-refractivity contribution in [1.82, 2.24) is 5.32 Å². The number of carbonyl (C=O) groups is 2. The van der Waals surface area contributed by atoms with E-state index in [9.17, 15) is 9.59 Å². The van der Waals surface area contributed by atoms with Crippen LogP contribution in [0, 0.1) is 0 Å². The topological polar surface area (TPSA) is 102 Å². The Morgan fingerprint density at radius 3 is 2.65 bits per heavy atom. The highest BCUT2D eigenvalue weighted by atomic mass is 16.5. The maximum Gasteiger partial charge on any atom is 0.336 e. The molecule has 0 heterocycles. The first-order valence-corrected chi connectivity index (χ1v) is 4.98. The molecule has 1 rings (SSSR count). The third-order valence-corrected chi connectivity index (χ3v) is 2.10. The summed E-state index contributed by atoms with van der Waals surface area (Å²) in [6, 6.07) is 9.09. The molecule has 17 heavy (non-hydrogen) atoms. The van der Waals surface area contributed by atoms with Crippen LogP contribution in [0.15, 0.2) is 30.3 Å². The first-order chi connectivity index (χ1) is 8.15. The van der Waals surface area contributed by atoms with Crippen molar-refractivity contribution in [3.63, 3.8) is 0 Å². The average molecular weight is 238 g/mol. The number of carboxylic acid groups (broad SMARTS) is 1. The molecule has 2 unspecified atom stereocenters. The number of rotatable bonds is 7. The summed E-state index contributed by atoms with van der Waals surface area (Å²) in [6.45, 7) is 0.117. The van der Waals surface area contributed by atoms with Gasteiger partial charge in [-0.3, -0.25) is 4.79 Å². The molecule has 0 bridgehead atoms. The molecule has 0 saturated heterocycles. The van der Waals surface area contributed by atoms with Gasteiger partial charge in [0.05, 0.1) is 6.61 Å². The maximum absolute atomic E-state index is 10.9. The summed E-state index contributed by atoms with van der Waals surface area (Å²) < 4.78 is 5.16. The summed E-state index contributed by atoms with van der Waals surface area (Å²) in [5.41, 5.74) is 6.28. The number of nitrogens with one attached hydrogen (secondary N) is 1. The maximum atomic E-state index is 10.9.